The van der Waals surface area contributed by atoms with Crippen LogP contribution in [-0.2, 0) is 17.9 Å². The zero-order valence-corrected chi connectivity index (χ0v) is 12.2. The second-order valence-electron chi connectivity index (χ2n) is 5.32. The second kappa shape index (κ2) is 5.83. The van der Waals surface area contributed by atoms with Crippen LogP contribution < -0.4 is 0 Å². The number of hydrogen-bond donors (Lipinski definition) is 0. The van der Waals surface area contributed by atoms with Crippen molar-refractivity contribution in [3.8, 4) is 11.1 Å². The number of carbonyl (C=O) groups excluding carboxylic acids is 1. The van der Waals surface area contributed by atoms with Crippen LogP contribution in [0.1, 0.15) is 36.6 Å². The molecule has 3 rings (SSSR count). The quantitative estimate of drug-likeness (QED) is 0.860. The summed E-state index contributed by atoms with van der Waals surface area (Å²) in [4.78, 5) is 17.4. The standard InChI is InChI=1S/C17H16F2N2O/c1-2-15(22)21-9-12-6-5-11(8-13(12)10-21)14-4-3-7-20-16(14)17(18)19/h3-8,17H,2,9-10H2,1H3. The van der Waals surface area contributed by atoms with Gasteiger partial charge in [-0.15, -0.1) is 0 Å². The third kappa shape index (κ3) is 2.58. The fourth-order valence-electron chi connectivity index (χ4n) is 2.80. The number of alkyl halides is 2. The summed E-state index contributed by atoms with van der Waals surface area (Å²) < 4.78 is 26.2. The summed E-state index contributed by atoms with van der Waals surface area (Å²) in [6.07, 6.45) is -0.762. The van der Waals surface area contributed by atoms with E-state index in [2.05, 4.69) is 4.98 Å². The maximum atomic E-state index is 13.1. The van der Waals surface area contributed by atoms with E-state index in [1.54, 1.807) is 17.0 Å². The summed E-state index contributed by atoms with van der Waals surface area (Å²) in [7, 11) is 0. The summed E-state index contributed by atoms with van der Waals surface area (Å²) in [6, 6.07) is 8.93. The summed E-state index contributed by atoms with van der Waals surface area (Å²) in [5.74, 6) is 0.104. The highest BCUT2D eigenvalue weighted by atomic mass is 19.3. The van der Waals surface area contributed by atoms with Gasteiger partial charge in [0.2, 0.25) is 5.91 Å². The predicted molar refractivity (Wildman–Crippen MR) is 79.2 cm³/mol. The number of pyridine rings is 1. The van der Waals surface area contributed by atoms with Crippen molar-refractivity contribution >= 4 is 5.91 Å². The fraction of sp³-hybridized carbons (Fsp3) is 0.294. The van der Waals surface area contributed by atoms with Gasteiger partial charge in [-0.25, -0.2) is 8.78 Å². The third-order valence-corrected chi connectivity index (χ3v) is 3.94. The molecule has 0 atom stereocenters. The van der Waals surface area contributed by atoms with Crippen molar-refractivity contribution in [2.24, 2.45) is 0 Å². The van der Waals surface area contributed by atoms with Crippen molar-refractivity contribution in [1.82, 2.24) is 9.88 Å². The molecule has 2 aromatic rings. The molecule has 1 aliphatic rings. The third-order valence-electron chi connectivity index (χ3n) is 3.94. The Labute approximate surface area is 127 Å². The van der Waals surface area contributed by atoms with Crippen LogP contribution in [0.15, 0.2) is 36.5 Å². The molecule has 0 N–H and O–H groups in total. The summed E-state index contributed by atoms with van der Waals surface area (Å²) in [6.45, 7) is 2.97. The summed E-state index contributed by atoms with van der Waals surface area (Å²) in [5.41, 5.74) is 3.05. The van der Waals surface area contributed by atoms with Crippen LogP contribution in [0.5, 0.6) is 0 Å². The van der Waals surface area contributed by atoms with Crippen LogP contribution in [0.3, 0.4) is 0 Å². The van der Waals surface area contributed by atoms with Gasteiger partial charge < -0.3 is 4.90 Å². The highest BCUT2D eigenvalue weighted by Gasteiger charge is 2.23. The van der Waals surface area contributed by atoms with Crippen LogP contribution in [-0.4, -0.2) is 15.8 Å². The lowest BCUT2D eigenvalue weighted by molar-refractivity contribution is -0.131. The van der Waals surface area contributed by atoms with E-state index in [0.717, 1.165) is 11.1 Å². The molecule has 1 aromatic carbocycles. The number of rotatable bonds is 3. The van der Waals surface area contributed by atoms with E-state index in [0.29, 0.717) is 30.6 Å². The van der Waals surface area contributed by atoms with E-state index in [1.165, 1.54) is 6.20 Å². The van der Waals surface area contributed by atoms with Crippen molar-refractivity contribution in [3.05, 3.63) is 53.3 Å². The Balaban J connectivity index is 1.96. The maximum absolute atomic E-state index is 13.1. The summed E-state index contributed by atoms with van der Waals surface area (Å²) >= 11 is 0. The minimum atomic E-state index is -2.61. The Bertz CT molecular complexity index is 716. The first-order chi connectivity index (χ1) is 10.6. The van der Waals surface area contributed by atoms with Crippen molar-refractivity contribution in [2.75, 3.05) is 0 Å². The van der Waals surface area contributed by atoms with E-state index < -0.39 is 6.43 Å². The van der Waals surface area contributed by atoms with Crippen molar-refractivity contribution < 1.29 is 13.6 Å². The molecule has 0 saturated carbocycles. The molecular formula is C17H16F2N2O. The number of amides is 1. The lowest BCUT2D eigenvalue weighted by atomic mass is 9.99. The number of halogens is 2. The SMILES string of the molecule is CCC(=O)N1Cc2ccc(-c3cccnc3C(F)F)cc2C1. The van der Waals surface area contributed by atoms with Gasteiger partial charge in [-0.05, 0) is 28.8 Å². The zero-order valence-electron chi connectivity index (χ0n) is 12.2. The molecule has 1 aliphatic heterocycles. The van der Waals surface area contributed by atoms with Gasteiger partial charge in [-0.1, -0.05) is 25.1 Å². The minimum Gasteiger partial charge on any atom is -0.334 e. The van der Waals surface area contributed by atoms with Gasteiger partial charge in [0.05, 0.1) is 0 Å². The minimum absolute atomic E-state index is 0.104. The molecule has 1 aromatic heterocycles. The Morgan fingerprint density at radius 3 is 2.77 bits per heavy atom. The van der Waals surface area contributed by atoms with Crippen LogP contribution >= 0.6 is 0 Å². The Morgan fingerprint density at radius 1 is 1.27 bits per heavy atom. The topological polar surface area (TPSA) is 33.2 Å². The number of nitrogens with zero attached hydrogens (tertiary/aromatic N) is 2. The van der Waals surface area contributed by atoms with Gasteiger partial charge in [-0.3, -0.25) is 9.78 Å². The Kier molecular flexibility index (Phi) is 3.88. The lowest BCUT2D eigenvalue weighted by Crippen LogP contribution is -2.23. The van der Waals surface area contributed by atoms with E-state index >= 15 is 0 Å². The Morgan fingerprint density at radius 2 is 2.05 bits per heavy atom. The maximum Gasteiger partial charge on any atom is 0.280 e. The van der Waals surface area contributed by atoms with Gasteiger partial charge in [0.15, 0.2) is 0 Å². The molecule has 0 fully saturated rings. The molecule has 0 aliphatic carbocycles. The average Bonchev–Trinajstić information content (AvgIpc) is 2.97. The molecule has 3 nitrogen and oxygen atoms in total. The molecule has 0 bridgehead atoms. The lowest BCUT2D eigenvalue weighted by Gasteiger charge is -2.13. The highest BCUT2D eigenvalue weighted by Crippen LogP contribution is 2.33. The fourth-order valence-corrected chi connectivity index (χ4v) is 2.80. The number of hydrogen-bond acceptors (Lipinski definition) is 2. The van der Waals surface area contributed by atoms with Crippen molar-refractivity contribution in [3.63, 3.8) is 0 Å². The van der Waals surface area contributed by atoms with Crippen LogP contribution in [0, 0.1) is 0 Å². The summed E-state index contributed by atoms with van der Waals surface area (Å²) in [5, 5.41) is 0. The van der Waals surface area contributed by atoms with E-state index in [9.17, 15) is 13.6 Å². The van der Waals surface area contributed by atoms with Gasteiger partial charge in [-0.2, -0.15) is 0 Å². The number of carbonyl (C=O) groups is 1. The number of aromatic nitrogens is 1. The number of fused-ring (bicyclic) bond motifs is 1. The zero-order chi connectivity index (χ0) is 15.7. The normalized spacial score (nSPS) is 13.5. The molecule has 1 amide bonds. The number of benzene rings is 1. The van der Waals surface area contributed by atoms with Gasteiger partial charge >= 0.3 is 0 Å². The van der Waals surface area contributed by atoms with Crippen LogP contribution in [0.25, 0.3) is 11.1 Å². The smallest absolute Gasteiger partial charge is 0.280 e. The largest absolute Gasteiger partial charge is 0.334 e. The highest BCUT2D eigenvalue weighted by molar-refractivity contribution is 5.77. The predicted octanol–water partition coefficient (Wildman–Crippen LogP) is 3.94. The van der Waals surface area contributed by atoms with Crippen molar-refractivity contribution in [1.29, 1.82) is 0 Å². The van der Waals surface area contributed by atoms with Crippen LogP contribution in [0.2, 0.25) is 0 Å². The Hall–Kier alpha value is -2.30. The monoisotopic (exact) mass is 302 g/mol. The van der Waals surface area contributed by atoms with Crippen LogP contribution in [0.4, 0.5) is 8.78 Å². The van der Waals surface area contributed by atoms with Gasteiger partial charge in [0.25, 0.3) is 6.43 Å². The second-order valence-corrected chi connectivity index (χ2v) is 5.32. The average molecular weight is 302 g/mol. The first-order valence-electron chi connectivity index (χ1n) is 7.23. The molecule has 2 heterocycles. The molecule has 0 unspecified atom stereocenters. The molecule has 114 valence electrons. The molecule has 0 saturated heterocycles. The molecule has 0 spiro atoms. The molecule has 0 radical (unpaired) electrons. The van der Waals surface area contributed by atoms with Crippen molar-refractivity contribution in [2.45, 2.75) is 32.9 Å². The molecule has 22 heavy (non-hydrogen) atoms. The van der Waals surface area contributed by atoms with Gasteiger partial charge in [0.1, 0.15) is 5.69 Å². The molecule has 5 heteroatoms. The molecular weight excluding hydrogens is 286 g/mol. The first-order valence-corrected chi connectivity index (χ1v) is 7.23. The van der Waals surface area contributed by atoms with E-state index in [1.807, 2.05) is 25.1 Å². The van der Waals surface area contributed by atoms with Gasteiger partial charge in [0, 0.05) is 31.3 Å². The van der Waals surface area contributed by atoms with E-state index in [-0.39, 0.29) is 11.6 Å². The first kappa shape index (κ1) is 14.6. The van der Waals surface area contributed by atoms with E-state index in [4.69, 9.17) is 0 Å².